The number of nitrogens with one attached hydrogen (secondary N) is 2. The van der Waals surface area contributed by atoms with Crippen LogP contribution in [0.15, 0.2) is 0 Å². The first-order valence-corrected chi connectivity index (χ1v) is 6.50. The average Bonchev–Trinajstić information content (AvgIpc) is 2.62. The van der Waals surface area contributed by atoms with Crippen LogP contribution in [-0.2, 0) is 4.79 Å². The molecular formula is C10H15ClN4O2S. The Hall–Kier alpha value is -1.21. The maximum atomic E-state index is 11.7. The molecule has 0 saturated carbocycles. The van der Waals surface area contributed by atoms with Crippen molar-refractivity contribution in [2.24, 2.45) is 0 Å². The largest absolute Gasteiger partial charge is 0.350 e. The highest BCUT2D eigenvalue weighted by Gasteiger charge is 2.22. The predicted molar refractivity (Wildman–Crippen MR) is 69.7 cm³/mol. The number of carbonyl (C=O) groups excluding carboxylic acids is 2. The minimum absolute atomic E-state index is 0.135. The quantitative estimate of drug-likeness (QED) is 0.877. The lowest BCUT2D eigenvalue weighted by atomic mass is 10.1. The van der Waals surface area contributed by atoms with Crippen molar-refractivity contribution in [3.05, 3.63) is 9.47 Å². The first-order chi connectivity index (χ1) is 8.19. The van der Waals surface area contributed by atoms with E-state index in [0.717, 1.165) is 11.3 Å². The summed E-state index contributed by atoms with van der Waals surface area (Å²) >= 11 is 6.54. The number of aromatic nitrogens is 2. The minimum Gasteiger partial charge on any atom is -0.350 e. The number of carbonyl (C=O) groups is 2. The van der Waals surface area contributed by atoms with Gasteiger partial charge in [0, 0.05) is 5.54 Å². The Bertz CT molecular complexity index is 455. The molecule has 1 rings (SSSR count). The van der Waals surface area contributed by atoms with Crippen LogP contribution in [0.3, 0.4) is 0 Å². The first kappa shape index (κ1) is 14.8. The fourth-order valence-corrected chi connectivity index (χ4v) is 1.83. The lowest BCUT2D eigenvalue weighted by Gasteiger charge is -2.23. The molecule has 0 aliphatic carbocycles. The highest BCUT2D eigenvalue weighted by molar-refractivity contribution is 7.17. The van der Waals surface area contributed by atoms with Crippen molar-refractivity contribution in [3.8, 4) is 0 Å². The van der Waals surface area contributed by atoms with Gasteiger partial charge < -0.3 is 10.6 Å². The highest BCUT2D eigenvalue weighted by Crippen LogP contribution is 2.14. The number of halogens is 1. The van der Waals surface area contributed by atoms with Gasteiger partial charge in [0.25, 0.3) is 5.91 Å². The molecule has 0 aromatic carbocycles. The molecule has 0 aliphatic rings. The van der Waals surface area contributed by atoms with Crippen LogP contribution >= 0.6 is 22.9 Å². The maximum absolute atomic E-state index is 11.7. The van der Waals surface area contributed by atoms with E-state index in [9.17, 15) is 9.59 Å². The number of hydrogen-bond donors (Lipinski definition) is 2. The van der Waals surface area contributed by atoms with Crippen LogP contribution in [0.4, 0.5) is 0 Å². The number of nitrogens with zero attached hydrogens (tertiary/aromatic N) is 2. The van der Waals surface area contributed by atoms with Crippen molar-refractivity contribution < 1.29 is 9.59 Å². The summed E-state index contributed by atoms with van der Waals surface area (Å²) in [6, 6.07) is -0.653. The van der Waals surface area contributed by atoms with Gasteiger partial charge in [-0.15, -0.1) is 10.2 Å². The standard InChI is InChI=1S/C10H15ClN4O2S/c1-5(6(16)13-10(2,3)4)12-7(17)8-14-15-9(11)18-8/h5H,1-4H3,(H,12,17)(H,13,16). The fourth-order valence-electron chi connectivity index (χ4n) is 1.10. The Morgan fingerprint density at radius 3 is 2.39 bits per heavy atom. The van der Waals surface area contributed by atoms with E-state index in [1.54, 1.807) is 6.92 Å². The molecule has 18 heavy (non-hydrogen) atoms. The van der Waals surface area contributed by atoms with E-state index in [1.807, 2.05) is 20.8 Å². The molecule has 100 valence electrons. The SMILES string of the molecule is CC(NC(=O)c1nnc(Cl)s1)C(=O)NC(C)(C)C. The Kier molecular flexibility index (Phi) is 4.64. The van der Waals surface area contributed by atoms with Crippen molar-refractivity contribution in [1.82, 2.24) is 20.8 Å². The molecule has 1 aromatic heterocycles. The first-order valence-electron chi connectivity index (χ1n) is 5.31. The van der Waals surface area contributed by atoms with E-state index >= 15 is 0 Å². The molecule has 0 aliphatic heterocycles. The van der Waals surface area contributed by atoms with E-state index in [0.29, 0.717) is 0 Å². The summed E-state index contributed by atoms with van der Waals surface area (Å²) < 4.78 is 0.187. The van der Waals surface area contributed by atoms with Crippen molar-refractivity contribution in [2.75, 3.05) is 0 Å². The van der Waals surface area contributed by atoms with Crippen LogP contribution in [0.25, 0.3) is 0 Å². The van der Waals surface area contributed by atoms with Gasteiger partial charge >= 0.3 is 0 Å². The van der Waals surface area contributed by atoms with E-state index in [-0.39, 0.29) is 20.9 Å². The second-order valence-electron chi connectivity index (χ2n) is 4.79. The molecule has 1 unspecified atom stereocenters. The maximum Gasteiger partial charge on any atom is 0.282 e. The molecule has 0 spiro atoms. The zero-order valence-electron chi connectivity index (χ0n) is 10.6. The van der Waals surface area contributed by atoms with Gasteiger partial charge in [-0.3, -0.25) is 9.59 Å². The van der Waals surface area contributed by atoms with Crippen molar-refractivity contribution in [1.29, 1.82) is 0 Å². The van der Waals surface area contributed by atoms with Crippen LogP contribution < -0.4 is 10.6 Å². The summed E-state index contributed by atoms with van der Waals surface area (Å²) in [5.41, 5.74) is -0.345. The zero-order chi connectivity index (χ0) is 13.9. The van der Waals surface area contributed by atoms with Gasteiger partial charge in [0.05, 0.1) is 0 Å². The molecule has 0 radical (unpaired) electrons. The monoisotopic (exact) mass is 290 g/mol. The predicted octanol–water partition coefficient (Wildman–Crippen LogP) is 1.22. The number of rotatable bonds is 3. The van der Waals surface area contributed by atoms with Crippen LogP contribution in [0.1, 0.15) is 37.5 Å². The molecule has 1 atom stereocenters. The summed E-state index contributed by atoms with van der Waals surface area (Å²) in [6.07, 6.45) is 0. The van der Waals surface area contributed by atoms with E-state index in [4.69, 9.17) is 11.6 Å². The third-order valence-electron chi connectivity index (χ3n) is 1.83. The van der Waals surface area contributed by atoms with Gasteiger partial charge in [0.2, 0.25) is 15.4 Å². The van der Waals surface area contributed by atoms with Crippen molar-refractivity contribution >= 4 is 34.8 Å². The smallest absolute Gasteiger partial charge is 0.282 e. The van der Waals surface area contributed by atoms with Crippen molar-refractivity contribution in [2.45, 2.75) is 39.3 Å². The van der Waals surface area contributed by atoms with Crippen LogP contribution in [0, 0.1) is 0 Å². The fraction of sp³-hybridized carbons (Fsp3) is 0.600. The minimum atomic E-state index is -0.653. The van der Waals surface area contributed by atoms with Crippen molar-refractivity contribution in [3.63, 3.8) is 0 Å². The Labute approximate surface area is 114 Å². The third-order valence-corrected chi connectivity index (χ3v) is 2.85. The molecular weight excluding hydrogens is 276 g/mol. The second-order valence-corrected chi connectivity index (χ2v) is 6.35. The summed E-state index contributed by atoms with van der Waals surface area (Å²) in [6.45, 7) is 7.19. The van der Waals surface area contributed by atoms with Crippen LogP contribution in [0.5, 0.6) is 0 Å². The number of hydrogen-bond acceptors (Lipinski definition) is 5. The van der Waals surface area contributed by atoms with Gasteiger partial charge in [0.1, 0.15) is 6.04 Å². The normalized spacial score (nSPS) is 12.9. The summed E-state index contributed by atoms with van der Waals surface area (Å²) in [5.74, 6) is -0.720. The Morgan fingerprint density at radius 1 is 1.33 bits per heavy atom. The molecule has 2 N–H and O–H groups in total. The summed E-state index contributed by atoms with van der Waals surface area (Å²) in [7, 11) is 0. The van der Waals surface area contributed by atoms with Crippen LogP contribution in [-0.4, -0.2) is 33.6 Å². The molecule has 1 aromatic rings. The summed E-state index contributed by atoms with van der Waals surface area (Å²) in [5, 5.41) is 12.6. The third kappa shape index (κ3) is 4.58. The van der Waals surface area contributed by atoms with Crippen LogP contribution in [0.2, 0.25) is 4.47 Å². The van der Waals surface area contributed by atoms with E-state index in [2.05, 4.69) is 20.8 Å². The molecule has 0 saturated heterocycles. The average molecular weight is 291 g/mol. The molecule has 6 nitrogen and oxygen atoms in total. The van der Waals surface area contributed by atoms with Gasteiger partial charge in [-0.25, -0.2) is 0 Å². The second kappa shape index (κ2) is 5.62. The van der Waals surface area contributed by atoms with Gasteiger partial charge in [-0.1, -0.05) is 11.3 Å². The van der Waals surface area contributed by atoms with Gasteiger partial charge in [0.15, 0.2) is 0 Å². The summed E-state index contributed by atoms with van der Waals surface area (Å²) in [4.78, 5) is 23.4. The topological polar surface area (TPSA) is 84.0 Å². The molecule has 1 heterocycles. The Balaban J connectivity index is 2.57. The number of amides is 2. The van der Waals surface area contributed by atoms with Gasteiger partial charge in [-0.05, 0) is 39.3 Å². The lowest BCUT2D eigenvalue weighted by molar-refractivity contribution is -0.124. The van der Waals surface area contributed by atoms with E-state index < -0.39 is 11.9 Å². The van der Waals surface area contributed by atoms with Gasteiger partial charge in [-0.2, -0.15) is 0 Å². The zero-order valence-corrected chi connectivity index (χ0v) is 12.1. The highest BCUT2D eigenvalue weighted by atomic mass is 35.5. The molecule has 0 bridgehead atoms. The molecule has 0 fully saturated rings. The molecule has 8 heteroatoms. The van der Waals surface area contributed by atoms with E-state index in [1.165, 1.54) is 0 Å². The lowest BCUT2D eigenvalue weighted by Crippen LogP contribution is -2.50. The Morgan fingerprint density at radius 2 is 1.94 bits per heavy atom. The molecule has 2 amide bonds.